The van der Waals surface area contributed by atoms with Crippen LogP contribution in [-0.2, 0) is 6.54 Å². The number of likely N-dealkylation sites (N-methyl/N-ethyl adjacent to an activating group) is 1. The molecule has 1 amide bonds. The van der Waals surface area contributed by atoms with Crippen LogP contribution in [0, 0.1) is 13.8 Å². The molecular weight excluding hydrogens is 352 g/mol. The van der Waals surface area contributed by atoms with Crippen molar-refractivity contribution in [2.75, 3.05) is 26.7 Å². The second-order valence-electron chi connectivity index (χ2n) is 7.55. The lowest BCUT2D eigenvalue weighted by Gasteiger charge is -2.40. The molecule has 146 valence electrons. The fourth-order valence-electron chi connectivity index (χ4n) is 3.82. The summed E-state index contributed by atoms with van der Waals surface area (Å²) in [6.45, 7) is 6.94. The number of nitrogens with zero attached hydrogens (tertiary/aromatic N) is 5. The molecule has 1 aliphatic heterocycles. The van der Waals surface area contributed by atoms with E-state index in [1.807, 2.05) is 53.8 Å². The van der Waals surface area contributed by atoms with Crippen LogP contribution in [0.1, 0.15) is 39.2 Å². The van der Waals surface area contributed by atoms with Gasteiger partial charge in [0.25, 0.3) is 5.91 Å². The Bertz CT molecular complexity index is 960. The molecule has 2 aromatic heterocycles. The molecule has 0 saturated carbocycles. The fraction of sp³-hybridized carbons (Fsp3) is 0.381. The van der Waals surface area contributed by atoms with Crippen molar-refractivity contribution < 1.29 is 4.79 Å². The van der Waals surface area contributed by atoms with Crippen molar-refractivity contribution in [2.45, 2.75) is 26.4 Å². The molecule has 7 heteroatoms. The number of hydrogen-bond donors (Lipinski definition) is 1. The van der Waals surface area contributed by atoms with Gasteiger partial charge in [-0.05, 0) is 38.6 Å². The number of amides is 1. The average Bonchev–Trinajstić information content (AvgIpc) is 3.28. The normalized spacial score (nSPS) is 17.8. The number of rotatable bonds is 4. The SMILES string of the molecule is Cc1cc(C)n(Cc2cc(C(=O)N3CCN(C)C[C@@H]3c3ccccc3)n[nH]2)n1. The Balaban J connectivity index is 1.54. The molecule has 1 fully saturated rings. The summed E-state index contributed by atoms with van der Waals surface area (Å²) in [5, 5.41) is 11.8. The van der Waals surface area contributed by atoms with Gasteiger partial charge in [0.15, 0.2) is 5.69 Å². The Morgan fingerprint density at radius 2 is 1.96 bits per heavy atom. The van der Waals surface area contributed by atoms with Crippen LogP contribution in [0.2, 0.25) is 0 Å². The summed E-state index contributed by atoms with van der Waals surface area (Å²) in [5.74, 6) is -0.0298. The Hall–Kier alpha value is -2.93. The van der Waals surface area contributed by atoms with Gasteiger partial charge in [0.05, 0.1) is 24.0 Å². The fourth-order valence-corrected chi connectivity index (χ4v) is 3.82. The lowest BCUT2D eigenvalue weighted by molar-refractivity contribution is 0.0492. The van der Waals surface area contributed by atoms with E-state index in [2.05, 4.69) is 39.4 Å². The average molecular weight is 378 g/mol. The molecule has 0 bridgehead atoms. The van der Waals surface area contributed by atoms with Crippen molar-refractivity contribution in [1.29, 1.82) is 0 Å². The largest absolute Gasteiger partial charge is 0.328 e. The summed E-state index contributed by atoms with van der Waals surface area (Å²) in [7, 11) is 2.10. The third kappa shape index (κ3) is 3.71. The summed E-state index contributed by atoms with van der Waals surface area (Å²) in [6.07, 6.45) is 0. The maximum Gasteiger partial charge on any atom is 0.274 e. The highest BCUT2D eigenvalue weighted by molar-refractivity contribution is 5.92. The molecule has 1 N–H and O–H groups in total. The van der Waals surface area contributed by atoms with Crippen molar-refractivity contribution in [3.05, 3.63) is 70.8 Å². The van der Waals surface area contributed by atoms with Crippen molar-refractivity contribution in [2.24, 2.45) is 0 Å². The Kier molecular flexibility index (Phi) is 5.00. The third-order valence-corrected chi connectivity index (χ3v) is 5.30. The van der Waals surface area contributed by atoms with E-state index >= 15 is 0 Å². The quantitative estimate of drug-likeness (QED) is 0.757. The topological polar surface area (TPSA) is 70.1 Å². The number of benzene rings is 1. The van der Waals surface area contributed by atoms with Crippen LogP contribution in [0.15, 0.2) is 42.5 Å². The van der Waals surface area contributed by atoms with Crippen LogP contribution in [0.4, 0.5) is 0 Å². The summed E-state index contributed by atoms with van der Waals surface area (Å²) >= 11 is 0. The van der Waals surface area contributed by atoms with Crippen molar-refractivity contribution >= 4 is 5.91 Å². The van der Waals surface area contributed by atoms with Gasteiger partial charge in [-0.2, -0.15) is 10.2 Å². The van der Waals surface area contributed by atoms with Gasteiger partial charge < -0.3 is 9.80 Å². The smallest absolute Gasteiger partial charge is 0.274 e. The lowest BCUT2D eigenvalue weighted by Crippen LogP contribution is -2.49. The Morgan fingerprint density at radius 3 is 2.68 bits per heavy atom. The number of nitrogens with one attached hydrogen (secondary N) is 1. The molecule has 0 spiro atoms. The number of carbonyl (C=O) groups is 1. The molecule has 3 aromatic rings. The maximum absolute atomic E-state index is 13.2. The molecular formula is C21H26N6O. The molecule has 0 unspecified atom stereocenters. The van der Waals surface area contributed by atoms with Gasteiger partial charge in [-0.3, -0.25) is 14.6 Å². The van der Waals surface area contributed by atoms with Gasteiger partial charge in [0.2, 0.25) is 0 Å². The third-order valence-electron chi connectivity index (χ3n) is 5.30. The molecule has 7 nitrogen and oxygen atoms in total. The summed E-state index contributed by atoms with van der Waals surface area (Å²) in [5.41, 5.74) is 4.56. The Labute approximate surface area is 165 Å². The summed E-state index contributed by atoms with van der Waals surface area (Å²) in [6, 6.07) is 14.1. The predicted octanol–water partition coefficient (Wildman–Crippen LogP) is 2.40. The van der Waals surface area contributed by atoms with Crippen LogP contribution < -0.4 is 0 Å². The molecule has 0 radical (unpaired) electrons. The van der Waals surface area contributed by atoms with Crippen molar-refractivity contribution in [3.8, 4) is 0 Å². The highest BCUT2D eigenvalue weighted by Gasteiger charge is 2.31. The number of aryl methyl sites for hydroxylation is 2. The minimum absolute atomic E-state index is 0.0298. The first-order chi connectivity index (χ1) is 13.5. The molecule has 0 aliphatic carbocycles. The number of H-pyrrole nitrogens is 1. The molecule has 1 atom stereocenters. The van der Waals surface area contributed by atoms with Gasteiger partial charge in [-0.15, -0.1) is 0 Å². The lowest BCUT2D eigenvalue weighted by atomic mass is 10.0. The Morgan fingerprint density at radius 1 is 1.18 bits per heavy atom. The first kappa shape index (κ1) is 18.4. The second-order valence-corrected chi connectivity index (χ2v) is 7.55. The van der Waals surface area contributed by atoms with Crippen LogP contribution in [0.3, 0.4) is 0 Å². The zero-order chi connectivity index (χ0) is 19.7. The zero-order valence-electron chi connectivity index (χ0n) is 16.6. The number of aromatic nitrogens is 4. The van der Waals surface area contributed by atoms with E-state index in [1.165, 1.54) is 0 Å². The molecule has 1 aliphatic rings. The van der Waals surface area contributed by atoms with Gasteiger partial charge in [-0.1, -0.05) is 30.3 Å². The minimum atomic E-state index is -0.0298. The standard InChI is InChI=1S/C21H26N6O/c1-15-11-16(2)27(24-15)13-18-12-19(23-22-18)21(28)26-10-9-25(3)14-20(26)17-7-5-4-6-8-17/h4-8,11-12,20H,9-10,13-14H2,1-3H3,(H,22,23)/t20-/m1/s1. The summed E-state index contributed by atoms with van der Waals surface area (Å²) in [4.78, 5) is 17.4. The van der Waals surface area contributed by atoms with E-state index in [0.29, 0.717) is 18.8 Å². The number of carbonyl (C=O) groups excluding carboxylic acids is 1. The summed E-state index contributed by atoms with van der Waals surface area (Å²) < 4.78 is 1.92. The first-order valence-electron chi connectivity index (χ1n) is 9.61. The van der Waals surface area contributed by atoms with E-state index in [0.717, 1.165) is 35.7 Å². The minimum Gasteiger partial charge on any atom is -0.328 e. The second kappa shape index (κ2) is 7.59. The van der Waals surface area contributed by atoms with E-state index in [-0.39, 0.29) is 11.9 Å². The highest BCUT2D eigenvalue weighted by Crippen LogP contribution is 2.26. The molecule has 1 aromatic carbocycles. The maximum atomic E-state index is 13.2. The van der Waals surface area contributed by atoms with Crippen molar-refractivity contribution in [1.82, 2.24) is 29.8 Å². The van der Waals surface area contributed by atoms with Gasteiger partial charge in [-0.25, -0.2) is 0 Å². The number of hydrogen-bond acceptors (Lipinski definition) is 4. The van der Waals surface area contributed by atoms with Gasteiger partial charge in [0.1, 0.15) is 0 Å². The number of piperazine rings is 1. The monoisotopic (exact) mass is 378 g/mol. The van der Waals surface area contributed by atoms with Gasteiger partial charge >= 0.3 is 0 Å². The van der Waals surface area contributed by atoms with Crippen molar-refractivity contribution in [3.63, 3.8) is 0 Å². The predicted molar refractivity (Wildman–Crippen MR) is 107 cm³/mol. The van der Waals surface area contributed by atoms with Crippen LogP contribution in [0.25, 0.3) is 0 Å². The molecule has 1 saturated heterocycles. The van der Waals surface area contributed by atoms with Crippen LogP contribution in [0.5, 0.6) is 0 Å². The van der Waals surface area contributed by atoms with E-state index < -0.39 is 0 Å². The van der Waals surface area contributed by atoms with Crippen LogP contribution >= 0.6 is 0 Å². The van der Waals surface area contributed by atoms with E-state index in [1.54, 1.807) is 0 Å². The highest BCUT2D eigenvalue weighted by atomic mass is 16.2. The van der Waals surface area contributed by atoms with Gasteiger partial charge in [0, 0.05) is 25.3 Å². The first-order valence-corrected chi connectivity index (χ1v) is 9.61. The number of aromatic amines is 1. The van der Waals surface area contributed by atoms with Crippen LogP contribution in [-0.4, -0.2) is 62.4 Å². The van der Waals surface area contributed by atoms with E-state index in [4.69, 9.17) is 0 Å². The zero-order valence-corrected chi connectivity index (χ0v) is 16.6. The van der Waals surface area contributed by atoms with E-state index in [9.17, 15) is 4.79 Å². The molecule has 3 heterocycles. The molecule has 28 heavy (non-hydrogen) atoms. The molecule has 4 rings (SSSR count).